The van der Waals surface area contributed by atoms with E-state index in [0.717, 1.165) is 39.4 Å². The Morgan fingerprint density at radius 2 is 1.56 bits per heavy atom. The van der Waals surface area contributed by atoms with Gasteiger partial charge in [0.2, 0.25) is 0 Å². The highest BCUT2D eigenvalue weighted by molar-refractivity contribution is 5.98. The topological polar surface area (TPSA) is 85.9 Å². The predicted molar refractivity (Wildman–Crippen MR) is 172 cm³/mol. The van der Waals surface area contributed by atoms with Crippen LogP contribution in [0.2, 0.25) is 0 Å². The van der Waals surface area contributed by atoms with Crippen molar-refractivity contribution in [3.05, 3.63) is 107 Å². The maximum atomic E-state index is 12.9. The van der Waals surface area contributed by atoms with Crippen molar-refractivity contribution in [2.75, 3.05) is 24.9 Å². The number of benzene rings is 4. The standard InChI is InChI=1S/C36H36N2O5/c1-22-20-36(3,4)38-31-17-16-27(29(34(22)31)21-37-30-12-7-8-13-32(30)41-5)28-15-14-26(19-33(28)42-6)43-35(40)25-11-9-10-24(18-25)23(2)39/h7-20,37-38H,21H2,1-6H3. The van der Waals surface area contributed by atoms with Gasteiger partial charge in [-0.1, -0.05) is 36.4 Å². The number of carbonyl (C=O) groups is 2. The Kier molecular flexibility index (Phi) is 8.26. The third-order valence-electron chi connectivity index (χ3n) is 7.48. The Morgan fingerprint density at radius 1 is 0.837 bits per heavy atom. The molecule has 1 aliphatic rings. The van der Waals surface area contributed by atoms with Crippen molar-refractivity contribution < 1.29 is 23.8 Å². The van der Waals surface area contributed by atoms with E-state index in [2.05, 4.69) is 49.6 Å². The van der Waals surface area contributed by atoms with Crippen LogP contribution in [0, 0.1) is 0 Å². The Bertz CT molecular complexity index is 1740. The fourth-order valence-electron chi connectivity index (χ4n) is 5.60. The van der Waals surface area contributed by atoms with Crippen molar-refractivity contribution in [3.8, 4) is 28.4 Å². The fourth-order valence-corrected chi connectivity index (χ4v) is 5.60. The SMILES string of the molecule is COc1ccccc1NCc1c(-c2ccc(OC(=O)c3cccc(C(C)=O)c3)cc2OC)ccc2c1C(C)=CC(C)(C)N2. The number of fused-ring (bicyclic) bond motifs is 1. The molecule has 0 saturated heterocycles. The van der Waals surface area contributed by atoms with Crippen LogP contribution in [0.1, 0.15) is 59.5 Å². The van der Waals surface area contributed by atoms with E-state index in [1.54, 1.807) is 44.6 Å². The molecule has 0 aliphatic carbocycles. The molecule has 0 aromatic heterocycles. The summed E-state index contributed by atoms with van der Waals surface area (Å²) in [5.74, 6) is 0.989. The van der Waals surface area contributed by atoms with E-state index in [9.17, 15) is 9.59 Å². The largest absolute Gasteiger partial charge is 0.496 e. The summed E-state index contributed by atoms with van der Waals surface area (Å²) in [6.07, 6.45) is 2.24. The van der Waals surface area contributed by atoms with Gasteiger partial charge in [0, 0.05) is 35.0 Å². The number of hydrogen-bond acceptors (Lipinski definition) is 7. The number of para-hydroxylation sites is 2. The molecular weight excluding hydrogens is 540 g/mol. The maximum absolute atomic E-state index is 12.9. The van der Waals surface area contributed by atoms with Crippen LogP contribution in [-0.4, -0.2) is 31.5 Å². The lowest BCUT2D eigenvalue weighted by molar-refractivity contribution is 0.0734. The van der Waals surface area contributed by atoms with Crippen LogP contribution in [-0.2, 0) is 6.54 Å². The highest BCUT2D eigenvalue weighted by Crippen LogP contribution is 2.43. The highest BCUT2D eigenvalue weighted by Gasteiger charge is 2.27. The van der Waals surface area contributed by atoms with Gasteiger partial charge in [0.15, 0.2) is 5.78 Å². The summed E-state index contributed by atoms with van der Waals surface area (Å²) >= 11 is 0. The van der Waals surface area contributed by atoms with Gasteiger partial charge in [0.05, 0.1) is 31.0 Å². The minimum atomic E-state index is -0.553. The number of ether oxygens (including phenoxy) is 3. The lowest BCUT2D eigenvalue weighted by Gasteiger charge is -2.33. The Hall–Kier alpha value is -5.04. The molecule has 4 aromatic carbocycles. The summed E-state index contributed by atoms with van der Waals surface area (Å²) in [7, 11) is 3.26. The number of esters is 1. The van der Waals surface area contributed by atoms with Gasteiger partial charge in [0.1, 0.15) is 17.2 Å². The fraction of sp³-hybridized carbons (Fsp3) is 0.222. The van der Waals surface area contributed by atoms with E-state index in [1.165, 1.54) is 18.6 Å². The van der Waals surface area contributed by atoms with Crippen molar-refractivity contribution in [1.82, 2.24) is 0 Å². The second-order valence-corrected chi connectivity index (χ2v) is 11.1. The predicted octanol–water partition coefficient (Wildman–Crippen LogP) is 8.01. The lowest BCUT2D eigenvalue weighted by Crippen LogP contribution is -2.32. The van der Waals surface area contributed by atoms with Crippen LogP contribution in [0.15, 0.2) is 84.9 Å². The van der Waals surface area contributed by atoms with E-state index < -0.39 is 5.97 Å². The molecule has 0 unspecified atom stereocenters. The number of anilines is 2. The van der Waals surface area contributed by atoms with Crippen LogP contribution in [0.5, 0.6) is 17.2 Å². The van der Waals surface area contributed by atoms with Crippen LogP contribution in [0.4, 0.5) is 11.4 Å². The molecule has 0 fully saturated rings. The molecule has 0 spiro atoms. The van der Waals surface area contributed by atoms with Gasteiger partial charge in [-0.25, -0.2) is 4.79 Å². The average Bonchev–Trinajstić information content (AvgIpc) is 2.99. The van der Waals surface area contributed by atoms with E-state index in [0.29, 0.717) is 29.2 Å². The van der Waals surface area contributed by atoms with Crippen molar-refractivity contribution in [2.24, 2.45) is 0 Å². The maximum Gasteiger partial charge on any atom is 0.343 e. The Balaban J connectivity index is 1.54. The lowest BCUT2D eigenvalue weighted by atomic mass is 9.85. The Morgan fingerprint density at radius 3 is 2.30 bits per heavy atom. The van der Waals surface area contributed by atoms with Gasteiger partial charge < -0.3 is 24.8 Å². The summed E-state index contributed by atoms with van der Waals surface area (Å²) in [4.78, 5) is 24.7. The third-order valence-corrected chi connectivity index (χ3v) is 7.48. The third kappa shape index (κ3) is 6.26. The molecule has 0 atom stereocenters. The molecule has 4 aromatic rings. The summed E-state index contributed by atoms with van der Waals surface area (Å²) in [6, 6.07) is 23.9. The molecule has 2 N–H and O–H groups in total. The van der Waals surface area contributed by atoms with Gasteiger partial charge in [-0.15, -0.1) is 0 Å². The molecule has 0 amide bonds. The quantitative estimate of drug-likeness (QED) is 0.119. The number of ketones is 1. The number of Topliss-reactive ketones (excluding diaryl/α,β-unsaturated/α-hetero) is 1. The minimum absolute atomic E-state index is 0.120. The molecule has 220 valence electrons. The number of rotatable bonds is 9. The van der Waals surface area contributed by atoms with Crippen LogP contribution < -0.4 is 24.8 Å². The van der Waals surface area contributed by atoms with E-state index >= 15 is 0 Å². The summed E-state index contributed by atoms with van der Waals surface area (Å²) in [6.45, 7) is 8.43. The zero-order chi connectivity index (χ0) is 30.7. The van der Waals surface area contributed by atoms with Crippen molar-refractivity contribution >= 4 is 28.7 Å². The molecule has 1 heterocycles. The second kappa shape index (κ2) is 12.1. The first-order valence-electron chi connectivity index (χ1n) is 14.1. The number of carbonyl (C=O) groups excluding carboxylic acids is 2. The molecule has 0 radical (unpaired) electrons. The van der Waals surface area contributed by atoms with E-state index in [1.807, 2.05) is 30.3 Å². The van der Waals surface area contributed by atoms with Crippen molar-refractivity contribution in [1.29, 1.82) is 0 Å². The zero-order valence-electron chi connectivity index (χ0n) is 25.3. The highest BCUT2D eigenvalue weighted by atomic mass is 16.5. The summed E-state index contributed by atoms with van der Waals surface area (Å²) < 4.78 is 17.1. The second-order valence-electron chi connectivity index (χ2n) is 11.1. The smallest absolute Gasteiger partial charge is 0.343 e. The van der Waals surface area contributed by atoms with E-state index in [-0.39, 0.29) is 11.3 Å². The first-order chi connectivity index (χ1) is 20.6. The van der Waals surface area contributed by atoms with Gasteiger partial charge in [-0.05, 0) is 86.9 Å². The first-order valence-corrected chi connectivity index (χ1v) is 14.1. The molecular formula is C36H36N2O5. The molecule has 5 rings (SSSR count). The van der Waals surface area contributed by atoms with Gasteiger partial charge in [-0.3, -0.25) is 4.79 Å². The van der Waals surface area contributed by atoms with E-state index in [4.69, 9.17) is 14.2 Å². The minimum Gasteiger partial charge on any atom is -0.496 e. The van der Waals surface area contributed by atoms with Crippen molar-refractivity contribution in [3.63, 3.8) is 0 Å². The molecule has 0 bridgehead atoms. The number of hydrogen-bond donors (Lipinski definition) is 2. The van der Waals surface area contributed by atoms with Crippen LogP contribution >= 0.6 is 0 Å². The molecule has 43 heavy (non-hydrogen) atoms. The Labute approximate surface area is 252 Å². The van der Waals surface area contributed by atoms with Crippen LogP contribution in [0.3, 0.4) is 0 Å². The summed E-state index contributed by atoms with van der Waals surface area (Å²) in [5.41, 5.74) is 7.75. The molecule has 1 aliphatic heterocycles. The number of nitrogens with one attached hydrogen (secondary N) is 2. The monoisotopic (exact) mass is 576 g/mol. The van der Waals surface area contributed by atoms with Gasteiger partial charge in [0.25, 0.3) is 0 Å². The zero-order valence-corrected chi connectivity index (χ0v) is 25.3. The molecule has 0 saturated carbocycles. The molecule has 7 heteroatoms. The average molecular weight is 577 g/mol. The van der Waals surface area contributed by atoms with Crippen LogP contribution in [0.25, 0.3) is 16.7 Å². The van der Waals surface area contributed by atoms with Gasteiger partial charge in [-0.2, -0.15) is 0 Å². The van der Waals surface area contributed by atoms with Crippen molar-refractivity contribution in [2.45, 2.75) is 39.8 Å². The summed E-state index contributed by atoms with van der Waals surface area (Å²) in [5, 5.41) is 7.23. The molecule has 7 nitrogen and oxygen atoms in total. The van der Waals surface area contributed by atoms with Gasteiger partial charge >= 0.3 is 5.97 Å². The number of methoxy groups -OCH3 is 2. The first kappa shape index (κ1) is 29.5. The number of allylic oxidation sites excluding steroid dienone is 1. The normalized spacial score (nSPS) is 13.2.